The van der Waals surface area contributed by atoms with E-state index >= 15 is 0 Å². The fourth-order valence-corrected chi connectivity index (χ4v) is 3.71. The van der Waals surface area contributed by atoms with Crippen LogP contribution in [0.15, 0.2) is 17.5 Å². The van der Waals surface area contributed by atoms with Crippen LogP contribution in [-0.2, 0) is 24.9 Å². The van der Waals surface area contributed by atoms with Crippen LogP contribution in [0.4, 0.5) is 0 Å². The van der Waals surface area contributed by atoms with Crippen LogP contribution in [0.3, 0.4) is 0 Å². The van der Waals surface area contributed by atoms with E-state index in [4.69, 9.17) is 15.9 Å². The van der Waals surface area contributed by atoms with Crippen molar-refractivity contribution in [1.82, 2.24) is 10.6 Å². The summed E-state index contributed by atoms with van der Waals surface area (Å²) in [6.45, 7) is -0.551. The van der Waals surface area contributed by atoms with Crippen LogP contribution >= 0.6 is 23.1 Å². The molecule has 1 rings (SSSR count). The summed E-state index contributed by atoms with van der Waals surface area (Å²) in [6, 6.07) is 1.77. The summed E-state index contributed by atoms with van der Waals surface area (Å²) in [4.78, 5) is 46.4. The topological polar surface area (TPSA) is 159 Å². The Bertz CT molecular complexity index is 623. The van der Waals surface area contributed by atoms with Gasteiger partial charge in [-0.15, -0.1) is 11.3 Å². The van der Waals surface area contributed by atoms with Crippen LogP contribution in [-0.4, -0.2) is 58.3 Å². The summed E-state index contributed by atoms with van der Waals surface area (Å²) in [7, 11) is 0. The van der Waals surface area contributed by atoms with Gasteiger partial charge < -0.3 is 26.6 Å². The fourth-order valence-electron chi connectivity index (χ4n) is 1.82. The molecular formula is C15H21N3O6S2. The number of aliphatic carboxylic acids is 2. The number of hydrogen-bond donors (Lipinski definition) is 5. The van der Waals surface area contributed by atoms with Gasteiger partial charge in [0.1, 0.15) is 18.6 Å². The van der Waals surface area contributed by atoms with E-state index < -0.39 is 42.4 Å². The van der Waals surface area contributed by atoms with Crippen molar-refractivity contribution in [1.29, 1.82) is 0 Å². The molecule has 0 aliphatic rings. The third-order valence-corrected chi connectivity index (χ3v) is 5.32. The van der Waals surface area contributed by atoms with Crippen molar-refractivity contribution < 1.29 is 29.4 Å². The highest BCUT2D eigenvalue weighted by Gasteiger charge is 2.22. The molecule has 11 heteroatoms. The molecule has 2 amide bonds. The summed E-state index contributed by atoms with van der Waals surface area (Å²) >= 11 is 2.99. The number of carboxylic acid groups (broad SMARTS) is 2. The molecule has 26 heavy (non-hydrogen) atoms. The smallest absolute Gasteiger partial charge is 0.322 e. The predicted octanol–water partition coefficient (Wildman–Crippen LogP) is -0.141. The number of hydrogen-bond acceptors (Lipinski definition) is 7. The second-order valence-corrected chi connectivity index (χ2v) is 7.37. The zero-order chi connectivity index (χ0) is 19.5. The quantitative estimate of drug-likeness (QED) is 0.322. The minimum absolute atomic E-state index is 0.0625. The van der Waals surface area contributed by atoms with Gasteiger partial charge >= 0.3 is 11.9 Å². The molecule has 1 aromatic rings. The number of thioether (sulfide) groups is 1. The van der Waals surface area contributed by atoms with Gasteiger partial charge in [0.2, 0.25) is 11.8 Å². The minimum Gasteiger partial charge on any atom is -0.480 e. The van der Waals surface area contributed by atoms with Crippen molar-refractivity contribution >= 4 is 46.9 Å². The van der Waals surface area contributed by atoms with Crippen LogP contribution in [0.25, 0.3) is 0 Å². The van der Waals surface area contributed by atoms with E-state index in [0.717, 1.165) is 4.88 Å². The highest BCUT2D eigenvalue weighted by atomic mass is 32.2. The SMILES string of the molecule is NC(CCC(=O)NC(CSCc1cccs1)C(=O)NCC(=O)O)C(=O)O. The molecule has 0 bridgehead atoms. The van der Waals surface area contributed by atoms with Crippen LogP contribution in [0.2, 0.25) is 0 Å². The molecular weight excluding hydrogens is 382 g/mol. The molecule has 0 aliphatic carbocycles. The van der Waals surface area contributed by atoms with Crippen LogP contribution in [0.5, 0.6) is 0 Å². The maximum atomic E-state index is 12.1. The first-order valence-electron chi connectivity index (χ1n) is 7.67. The lowest BCUT2D eigenvalue weighted by Crippen LogP contribution is -2.49. The van der Waals surface area contributed by atoms with Gasteiger partial charge in [-0.1, -0.05) is 6.07 Å². The van der Waals surface area contributed by atoms with E-state index in [-0.39, 0.29) is 18.6 Å². The Morgan fingerprint density at radius 1 is 1.27 bits per heavy atom. The van der Waals surface area contributed by atoms with Gasteiger partial charge in [0, 0.05) is 22.8 Å². The van der Waals surface area contributed by atoms with Gasteiger partial charge in [-0.05, 0) is 17.9 Å². The molecule has 9 nitrogen and oxygen atoms in total. The summed E-state index contributed by atoms with van der Waals surface area (Å²) in [6.07, 6.45) is -0.210. The number of carbonyl (C=O) groups is 4. The molecule has 1 heterocycles. The van der Waals surface area contributed by atoms with Crippen molar-refractivity contribution in [2.45, 2.75) is 30.7 Å². The van der Waals surface area contributed by atoms with Gasteiger partial charge in [0.15, 0.2) is 0 Å². The average molecular weight is 403 g/mol. The van der Waals surface area contributed by atoms with Crippen LogP contribution < -0.4 is 16.4 Å². The van der Waals surface area contributed by atoms with Crippen molar-refractivity contribution in [3.8, 4) is 0 Å². The molecule has 0 aliphatic heterocycles. The van der Waals surface area contributed by atoms with Gasteiger partial charge in [0.25, 0.3) is 0 Å². The fraction of sp³-hybridized carbons (Fsp3) is 0.467. The third kappa shape index (κ3) is 8.83. The first-order valence-corrected chi connectivity index (χ1v) is 9.70. The van der Waals surface area contributed by atoms with Gasteiger partial charge in [-0.2, -0.15) is 11.8 Å². The summed E-state index contributed by atoms with van der Waals surface area (Å²) < 4.78 is 0. The van der Waals surface area contributed by atoms with Crippen molar-refractivity contribution in [3.63, 3.8) is 0 Å². The van der Waals surface area contributed by atoms with Gasteiger partial charge in [-0.3, -0.25) is 19.2 Å². The van der Waals surface area contributed by atoms with Crippen molar-refractivity contribution in [3.05, 3.63) is 22.4 Å². The molecule has 0 saturated heterocycles. The molecule has 144 valence electrons. The Balaban J connectivity index is 2.54. The van der Waals surface area contributed by atoms with Crippen molar-refractivity contribution in [2.75, 3.05) is 12.3 Å². The highest BCUT2D eigenvalue weighted by Crippen LogP contribution is 2.17. The summed E-state index contributed by atoms with van der Waals surface area (Å²) in [5, 5.41) is 24.0. The van der Waals surface area contributed by atoms with E-state index in [0.29, 0.717) is 5.75 Å². The second kappa shape index (κ2) is 11.5. The molecule has 0 saturated carbocycles. The Morgan fingerprint density at radius 3 is 2.58 bits per heavy atom. The van der Waals surface area contributed by atoms with Crippen molar-refractivity contribution in [2.24, 2.45) is 5.73 Å². The third-order valence-electron chi connectivity index (χ3n) is 3.17. The lowest BCUT2D eigenvalue weighted by atomic mass is 10.1. The Hall–Kier alpha value is -2.11. The van der Waals surface area contributed by atoms with Gasteiger partial charge in [-0.25, -0.2) is 0 Å². The molecule has 0 spiro atoms. The molecule has 6 N–H and O–H groups in total. The molecule has 0 fully saturated rings. The van der Waals surface area contributed by atoms with E-state index in [9.17, 15) is 19.2 Å². The lowest BCUT2D eigenvalue weighted by Gasteiger charge is -2.18. The molecule has 1 aromatic heterocycles. The number of rotatable bonds is 12. The standard InChI is InChI=1S/C15H21N3O6S2/c16-10(15(23)24)3-4-12(19)18-11(14(22)17-6-13(20)21)8-25-7-9-2-1-5-26-9/h1-2,5,10-11H,3-4,6-8,16H2,(H,17,22)(H,18,19)(H,20,21)(H,23,24). The van der Waals surface area contributed by atoms with Crippen LogP contribution in [0.1, 0.15) is 17.7 Å². The van der Waals surface area contributed by atoms with E-state index in [1.807, 2.05) is 17.5 Å². The number of carbonyl (C=O) groups excluding carboxylic acids is 2. The predicted molar refractivity (Wildman–Crippen MR) is 97.9 cm³/mol. The monoisotopic (exact) mass is 403 g/mol. The molecule has 2 atom stereocenters. The van der Waals surface area contributed by atoms with E-state index in [1.165, 1.54) is 11.8 Å². The minimum atomic E-state index is -1.21. The van der Waals surface area contributed by atoms with E-state index in [2.05, 4.69) is 10.6 Å². The lowest BCUT2D eigenvalue weighted by molar-refractivity contribution is -0.139. The maximum Gasteiger partial charge on any atom is 0.322 e. The normalized spacial score (nSPS) is 12.8. The second-order valence-electron chi connectivity index (χ2n) is 5.31. The Kier molecular flexibility index (Phi) is 9.70. The number of nitrogens with two attached hydrogens (primary N) is 1. The number of amides is 2. The number of nitrogens with one attached hydrogen (secondary N) is 2. The molecule has 0 radical (unpaired) electrons. The largest absolute Gasteiger partial charge is 0.480 e. The molecule has 0 aromatic carbocycles. The summed E-state index contributed by atoms with van der Waals surface area (Å²) in [5.41, 5.74) is 5.34. The summed E-state index contributed by atoms with van der Waals surface area (Å²) in [5.74, 6) is -2.63. The first kappa shape index (κ1) is 21.9. The maximum absolute atomic E-state index is 12.1. The Labute approximate surface area is 158 Å². The number of thiophene rings is 1. The zero-order valence-corrected chi connectivity index (χ0v) is 15.5. The van der Waals surface area contributed by atoms with Gasteiger partial charge in [0.05, 0.1) is 0 Å². The molecule has 2 unspecified atom stereocenters. The zero-order valence-electron chi connectivity index (χ0n) is 13.8. The first-order chi connectivity index (χ1) is 12.3. The van der Waals surface area contributed by atoms with Crippen LogP contribution in [0, 0.1) is 0 Å². The number of carboxylic acids is 2. The Morgan fingerprint density at radius 2 is 2.00 bits per heavy atom. The van der Waals surface area contributed by atoms with E-state index in [1.54, 1.807) is 11.3 Å². The highest BCUT2D eigenvalue weighted by molar-refractivity contribution is 7.98. The average Bonchev–Trinajstić information content (AvgIpc) is 3.09.